The van der Waals surface area contributed by atoms with Crippen molar-refractivity contribution in [1.82, 2.24) is 14.9 Å². The number of hydrogen-bond donors (Lipinski definition) is 2. The van der Waals surface area contributed by atoms with Crippen LogP contribution >= 0.6 is 22.6 Å². The average molecular weight is 459 g/mol. The minimum absolute atomic E-state index is 0.256. The molecule has 8 nitrogen and oxygen atoms in total. The second-order valence-corrected chi connectivity index (χ2v) is 7.63. The van der Waals surface area contributed by atoms with Gasteiger partial charge in [-0.15, -0.1) is 0 Å². The van der Waals surface area contributed by atoms with E-state index in [1.54, 1.807) is 33.0 Å². The van der Waals surface area contributed by atoms with Gasteiger partial charge in [0.1, 0.15) is 29.1 Å². The maximum atomic E-state index is 12.4. The quantitative estimate of drug-likeness (QED) is 0.529. The van der Waals surface area contributed by atoms with Crippen LogP contribution in [0.15, 0.2) is 17.1 Å². The molecule has 0 saturated heterocycles. The fourth-order valence-corrected chi connectivity index (χ4v) is 2.65. The van der Waals surface area contributed by atoms with E-state index < -0.39 is 40.9 Å². The lowest BCUT2D eigenvalue weighted by Crippen LogP contribution is -2.37. The zero-order chi connectivity index (χ0) is 18.9. The monoisotopic (exact) mass is 459 g/mol. The van der Waals surface area contributed by atoms with Gasteiger partial charge in [-0.3, -0.25) is 19.0 Å². The number of hydrogen-bond acceptors (Lipinski definition) is 6. The number of amides is 1. The van der Waals surface area contributed by atoms with Crippen LogP contribution in [0, 0.1) is 3.57 Å². The zero-order valence-corrected chi connectivity index (χ0v) is 16.4. The molecular formula is C16H18IN3O5. The van der Waals surface area contributed by atoms with Crippen molar-refractivity contribution >= 4 is 45.5 Å². The van der Waals surface area contributed by atoms with Crippen molar-refractivity contribution in [3.63, 3.8) is 0 Å². The number of carbonyl (C=O) groups excluding carboxylic acids is 2. The molecule has 2 rings (SSSR count). The molecule has 0 spiro atoms. The molecule has 0 aliphatic carbocycles. The largest absolute Gasteiger partial charge is 0.506 e. The number of aromatic nitrogens is 2. The molecule has 0 aromatic carbocycles. The summed E-state index contributed by atoms with van der Waals surface area (Å²) in [7, 11) is 1.45. The van der Waals surface area contributed by atoms with Crippen LogP contribution < -0.4 is 10.9 Å². The maximum absolute atomic E-state index is 12.4. The number of esters is 1. The first-order valence-corrected chi connectivity index (χ1v) is 8.46. The average Bonchev–Trinajstić information content (AvgIpc) is 2.49. The Kier molecular flexibility index (Phi) is 5.35. The summed E-state index contributed by atoms with van der Waals surface area (Å²) in [4.78, 5) is 40.5. The minimum atomic E-state index is -0.857. The first-order chi connectivity index (χ1) is 11.5. The van der Waals surface area contributed by atoms with Crippen LogP contribution in [0.25, 0.3) is 11.0 Å². The summed E-state index contributed by atoms with van der Waals surface area (Å²) < 4.78 is 6.99. The Bertz CT molecular complexity index is 915. The number of ether oxygens (including phenoxy) is 1. The van der Waals surface area contributed by atoms with E-state index in [1.165, 1.54) is 11.6 Å². The van der Waals surface area contributed by atoms with Crippen LogP contribution in [0.3, 0.4) is 0 Å². The lowest BCUT2D eigenvalue weighted by atomic mass is 10.1. The van der Waals surface area contributed by atoms with E-state index in [-0.39, 0.29) is 11.0 Å². The Labute approximate surface area is 157 Å². The molecule has 2 aromatic rings. The van der Waals surface area contributed by atoms with Gasteiger partial charge in [0.2, 0.25) is 0 Å². The van der Waals surface area contributed by atoms with E-state index >= 15 is 0 Å². The van der Waals surface area contributed by atoms with Crippen LogP contribution in [-0.4, -0.2) is 38.7 Å². The summed E-state index contributed by atoms with van der Waals surface area (Å²) in [5.41, 5.74) is -1.58. The number of aromatic hydroxyl groups is 1. The summed E-state index contributed by atoms with van der Waals surface area (Å²) in [6.07, 6.45) is 1.55. The SMILES string of the molecule is Cn1c(=O)c(C(=O)NCC(=O)OC(C)(C)C)c(O)c2cc(I)cnc21. The van der Waals surface area contributed by atoms with Gasteiger partial charge in [0.25, 0.3) is 11.5 Å². The Morgan fingerprint density at radius 2 is 2.04 bits per heavy atom. The summed E-state index contributed by atoms with van der Waals surface area (Å²) in [5.74, 6) is -1.97. The third-order valence-corrected chi connectivity index (χ3v) is 3.79. The Morgan fingerprint density at radius 1 is 1.40 bits per heavy atom. The third-order valence-electron chi connectivity index (χ3n) is 3.20. The van der Waals surface area contributed by atoms with Crippen LogP contribution in [0.1, 0.15) is 31.1 Å². The lowest BCUT2D eigenvalue weighted by molar-refractivity contribution is -0.153. The van der Waals surface area contributed by atoms with E-state index in [4.69, 9.17) is 4.74 Å². The number of carbonyl (C=O) groups is 2. The smallest absolute Gasteiger partial charge is 0.325 e. The number of aryl methyl sites for hydroxylation is 1. The van der Waals surface area contributed by atoms with E-state index in [9.17, 15) is 19.5 Å². The van der Waals surface area contributed by atoms with Crippen molar-refractivity contribution in [3.8, 4) is 5.75 Å². The number of rotatable bonds is 3. The molecule has 0 fully saturated rings. The molecule has 0 bridgehead atoms. The summed E-state index contributed by atoms with van der Waals surface area (Å²) in [6.45, 7) is 4.69. The van der Waals surface area contributed by atoms with Crippen LogP contribution in [0.4, 0.5) is 0 Å². The van der Waals surface area contributed by atoms with Crippen molar-refractivity contribution in [3.05, 3.63) is 31.8 Å². The number of nitrogens with one attached hydrogen (secondary N) is 1. The summed E-state index contributed by atoms with van der Waals surface area (Å²) in [6, 6.07) is 1.61. The molecule has 0 aliphatic rings. The summed E-state index contributed by atoms with van der Waals surface area (Å²) in [5, 5.41) is 12.9. The molecule has 1 amide bonds. The standard InChI is InChI=1S/C16H18IN3O5/c1-16(2,3)25-10(21)7-19-14(23)11-12(22)9-5-8(17)6-18-13(9)20(4)15(11)24/h5-6,22H,7H2,1-4H3,(H,19,23). The minimum Gasteiger partial charge on any atom is -0.506 e. The molecule has 2 aromatic heterocycles. The summed E-state index contributed by atoms with van der Waals surface area (Å²) >= 11 is 2.01. The second kappa shape index (κ2) is 6.98. The van der Waals surface area contributed by atoms with E-state index in [0.717, 1.165) is 3.57 Å². The van der Waals surface area contributed by atoms with E-state index in [1.807, 2.05) is 22.6 Å². The Morgan fingerprint density at radius 3 is 2.64 bits per heavy atom. The Balaban J connectivity index is 2.36. The van der Waals surface area contributed by atoms with Crippen molar-refractivity contribution < 1.29 is 19.4 Å². The van der Waals surface area contributed by atoms with Gasteiger partial charge in [-0.25, -0.2) is 4.98 Å². The predicted molar refractivity (Wildman–Crippen MR) is 99.5 cm³/mol. The molecule has 0 unspecified atom stereocenters. The van der Waals surface area contributed by atoms with E-state index in [0.29, 0.717) is 0 Å². The Hall–Kier alpha value is -2.17. The molecule has 9 heteroatoms. The number of nitrogens with zero attached hydrogens (tertiary/aromatic N) is 2. The molecule has 0 aliphatic heterocycles. The molecule has 134 valence electrons. The topological polar surface area (TPSA) is 111 Å². The van der Waals surface area contributed by atoms with Gasteiger partial charge in [-0.05, 0) is 49.4 Å². The number of fused-ring (bicyclic) bond motifs is 1. The molecule has 0 atom stereocenters. The van der Waals surface area contributed by atoms with Crippen LogP contribution in [0.2, 0.25) is 0 Å². The van der Waals surface area contributed by atoms with Crippen molar-refractivity contribution in [2.24, 2.45) is 7.05 Å². The third kappa shape index (κ3) is 4.27. The highest BCUT2D eigenvalue weighted by Gasteiger charge is 2.23. The molecular weight excluding hydrogens is 441 g/mol. The van der Waals surface area contributed by atoms with Gasteiger partial charge in [-0.1, -0.05) is 0 Å². The maximum Gasteiger partial charge on any atom is 0.325 e. The first kappa shape index (κ1) is 19.2. The zero-order valence-electron chi connectivity index (χ0n) is 14.2. The lowest BCUT2D eigenvalue weighted by Gasteiger charge is -2.19. The van der Waals surface area contributed by atoms with Crippen LogP contribution in [-0.2, 0) is 16.6 Å². The fraction of sp³-hybridized carbons (Fsp3) is 0.375. The molecule has 2 N–H and O–H groups in total. The van der Waals surface area contributed by atoms with Gasteiger partial charge in [0.15, 0.2) is 0 Å². The first-order valence-electron chi connectivity index (χ1n) is 7.38. The van der Waals surface area contributed by atoms with Gasteiger partial charge in [-0.2, -0.15) is 0 Å². The van der Waals surface area contributed by atoms with Crippen molar-refractivity contribution in [1.29, 1.82) is 0 Å². The van der Waals surface area contributed by atoms with Gasteiger partial charge in [0, 0.05) is 16.8 Å². The van der Waals surface area contributed by atoms with Gasteiger partial charge < -0.3 is 15.2 Å². The van der Waals surface area contributed by atoms with Crippen LogP contribution in [0.5, 0.6) is 5.75 Å². The van der Waals surface area contributed by atoms with E-state index in [2.05, 4.69) is 10.3 Å². The normalized spacial score (nSPS) is 11.4. The van der Waals surface area contributed by atoms with Gasteiger partial charge in [0.05, 0.1) is 5.39 Å². The highest BCUT2D eigenvalue weighted by Crippen LogP contribution is 2.26. The van der Waals surface area contributed by atoms with Gasteiger partial charge >= 0.3 is 5.97 Å². The van der Waals surface area contributed by atoms with Crippen molar-refractivity contribution in [2.45, 2.75) is 26.4 Å². The molecule has 0 radical (unpaired) electrons. The second-order valence-electron chi connectivity index (χ2n) is 6.38. The number of halogens is 1. The molecule has 2 heterocycles. The predicted octanol–water partition coefficient (Wildman–Crippen LogP) is 1.32. The molecule has 25 heavy (non-hydrogen) atoms. The van der Waals surface area contributed by atoms with Crippen molar-refractivity contribution in [2.75, 3.05) is 6.54 Å². The highest BCUT2D eigenvalue weighted by molar-refractivity contribution is 14.1. The fourth-order valence-electron chi connectivity index (χ4n) is 2.20. The highest BCUT2D eigenvalue weighted by atomic mass is 127. The molecule has 0 saturated carbocycles. The number of pyridine rings is 2.